The SMILES string of the molecule is CCCN(CC(=O)Nc1cc(-c2ccccc2)nn1-c1ccc(F)cc1)C(=O)C(c1ccccc1)c1ccccc1. The smallest absolute Gasteiger partial charge is 0.245 e. The molecular weight excluding hydrogens is 515 g/mol. The van der Waals surface area contributed by atoms with Crippen LogP contribution in [0.2, 0.25) is 0 Å². The number of hydrogen-bond acceptors (Lipinski definition) is 3. The lowest BCUT2D eigenvalue weighted by atomic mass is 9.90. The van der Waals surface area contributed by atoms with Gasteiger partial charge in [-0.3, -0.25) is 9.59 Å². The Labute approximate surface area is 239 Å². The molecule has 4 aromatic carbocycles. The lowest BCUT2D eigenvalue weighted by molar-refractivity contribution is -0.135. The Morgan fingerprint density at radius 3 is 1.95 bits per heavy atom. The maximum Gasteiger partial charge on any atom is 0.245 e. The molecule has 1 N–H and O–H groups in total. The highest BCUT2D eigenvalue weighted by molar-refractivity contribution is 5.96. The predicted molar refractivity (Wildman–Crippen MR) is 159 cm³/mol. The van der Waals surface area contributed by atoms with E-state index in [1.54, 1.807) is 27.8 Å². The Bertz CT molecular complexity index is 1550. The van der Waals surface area contributed by atoms with Crippen molar-refractivity contribution < 1.29 is 14.0 Å². The minimum atomic E-state index is -0.536. The van der Waals surface area contributed by atoms with Crippen molar-refractivity contribution in [1.29, 1.82) is 0 Å². The summed E-state index contributed by atoms with van der Waals surface area (Å²) in [4.78, 5) is 29.1. The normalized spacial score (nSPS) is 10.9. The van der Waals surface area contributed by atoms with Crippen molar-refractivity contribution in [2.45, 2.75) is 19.3 Å². The first-order chi connectivity index (χ1) is 20.0. The van der Waals surface area contributed by atoms with E-state index in [0.717, 1.165) is 16.7 Å². The Balaban J connectivity index is 1.43. The molecule has 1 aromatic heterocycles. The van der Waals surface area contributed by atoms with Gasteiger partial charge in [-0.15, -0.1) is 0 Å². The number of benzene rings is 4. The lowest BCUT2D eigenvalue weighted by Crippen LogP contribution is -2.41. The van der Waals surface area contributed by atoms with E-state index in [1.807, 2.05) is 97.9 Å². The second kappa shape index (κ2) is 12.9. The van der Waals surface area contributed by atoms with E-state index in [2.05, 4.69) is 5.32 Å². The zero-order valence-corrected chi connectivity index (χ0v) is 22.8. The van der Waals surface area contributed by atoms with Crippen molar-refractivity contribution in [3.05, 3.63) is 138 Å². The second-order valence-corrected chi connectivity index (χ2v) is 9.73. The van der Waals surface area contributed by atoms with Gasteiger partial charge in [0.05, 0.1) is 23.8 Å². The van der Waals surface area contributed by atoms with Crippen molar-refractivity contribution >= 4 is 17.6 Å². The van der Waals surface area contributed by atoms with Crippen LogP contribution in [0.4, 0.5) is 10.2 Å². The molecule has 6 nitrogen and oxygen atoms in total. The van der Waals surface area contributed by atoms with Gasteiger partial charge in [0.2, 0.25) is 11.8 Å². The van der Waals surface area contributed by atoms with Gasteiger partial charge < -0.3 is 10.2 Å². The number of carbonyl (C=O) groups is 2. The van der Waals surface area contributed by atoms with Crippen LogP contribution in [0.15, 0.2) is 121 Å². The van der Waals surface area contributed by atoms with Gasteiger partial charge in [-0.2, -0.15) is 5.10 Å². The van der Waals surface area contributed by atoms with E-state index >= 15 is 0 Å². The van der Waals surface area contributed by atoms with Crippen LogP contribution < -0.4 is 5.32 Å². The largest absolute Gasteiger partial charge is 0.333 e. The van der Waals surface area contributed by atoms with Gasteiger partial charge in [-0.1, -0.05) is 97.9 Å². The standard InChI is InChI=1S/C34H31FN4O2/c1-2-22-38(34(41)33(26-14-8-4-9-15-26)27-16-10-5-11-17-27)24-32(40)36-31-23-30(25-12-6-3-7-13-25)37-39(31)29-20-18-28(35)19-21-29/h3-21,23,33H,2,22,24H2,1H3,(H,36,40). The van der Waals surface area contributed by atoms with Crippen LogP contribution in [0, 0.1) is 5.82 Å². The van der Waals surface area contributed by atoms with Gasteiger partial charge >= 0.3 is 0 Å². The molecule has 0 atom stereocenters. The number of amides is 2. The van der Waals surface area contributed by atoms with Crippen LogP contribution in [0.25, 0.3) is 16.9 Å². The summed E-state index contributed by atoms with van der Waals surface area (Å²) in [5.41, 5.74) is 3.86. The summed E-state index contributed by atoms with van der Waals surface area (Å²) in [5, 5.41) is 7.64. The highest BCUT2D eigenvalue weighted by atomic mass is 19.1. The zero-order valence-electron chi connectivity index (χ0n) is 22.8. The highest BCUT2D eigenvalue weighted by Crippen LogP contribution is 2.28. The van der Waals surface area contributed by atoms with E-state index in [9.17, 15) is 14.0 Å². The third kappa shape index (κ3) is 6.58. The second-order valence-electron chi connectivity index (χ2n) is 9.73. The summed E-state index contributed by atoms with van der Waals surface area (Å²) >= 11 is 0. The van der Waals surface area contributed by atoms with E-state index in [1.165, 1.54) is 12.1 Å². The molecule has 0 unspecified atom stereocenters. The lowest BCUT2D eigenvalue weighted by Gasteiger charge is -2.27. The average Bonchev–Trinajstić information content (AvgIpc) is 3.42. The molecule has 0 saturated carbocycles. The summed E-state index contributed by atoms with van der Waals surface area (Å²) in [6, 6.07) is 36.5. The quantitative estimate of drug-likeness (QED) is 0.212. The van der Waals surface area contributed by atoms with E-state index in [4.69, 9.17) is 5.10 Å². The van der Waals surface area contributed by atoms with Crippen molar-refractivity contribution in [3.8, 4) is 16.9 Å². The molecule has 0 aliphatic heterocycles. The van der Waals surface area contributed by atoms with E-state index in [-0.39, 0.29) is 24.2 Å². The molecular formula is C34H31FN4O2. The van der Waals surface area contributed by atoms with Crippen LogP contribution in [-0.4, -0.2) is 39.6 Å². The molecule has 0 aliphatic carbocycles. The van der Waals surface area contributed by atoms with Gasteiger partial charge in [0, 0.05) is 18.2 Å². The molecule has 0 radical (unpaired) electrons. The molecule has 0 aliphatic rings. The van der Waals surface area contributed by atoms with Gasteiger partial charge in [-0.25, -0.2) is 9.07 Å². The average molecular weight is 547 g/mol. The van der Waals surface area contributed by atoms with Crippen molar-refractivity contribution in [2.24, 2.45) is 0 Å². The molecule has 5 rings (SSSR count). The van der Waals surface area contributed by atoms with E-state index in [0.29, 0.717) is 30.2 Å². The Morgan fingerprint density at radius 1 is 0.829 bits per heavy atom. The molecule has 0 bridgehead atoms. The molecule has 1 heterocycles. The van der Waals surface area contributed by atoms with Crippen molar-refractivity contribution in [3.63, 3.8) is 0 Å². The first-order valence-electron chi connectivity index (χ1n) is 13.6. The van der Waals surface area contributed by atoms with Gasteiger partial charge in [-0.05, 0) is 41.8 Å². The number of rotatable bonds is 10. The minimum absolute atomic E-state index is 0.127. The number of nitrogens with zero attached hydrogens (tertiary/aromatic N) is 3. The van der Waals surface area contributed by atoms with Gasteiger partial charge in [0.1, 0.15) is 11.6 Å². The first kappa shape index (κ1) is 27.5. The number of carbonyl (C=O) groups excluding carboxylic acids is 2. The molecule has 41 heavy (non-hydrogen) atoms. The predicted octanol–water partition coefficient (Wildman–Crippen LogP) is 6.69. The number of anilines is 1. The van der Waals surface area contributed by atoms with Crippen LogP contribution >= 0.6 is 0 Å². The molecule has 206 valence electrons. The highest BCUT2D eigenvalue weighted by Gasteiger charge is 2.28. The monoisotopic (exact) mass is 546 g/mol. The third-order valence-corrected chi connectivity index (χ3v) is 6.77. The fraction of sp³-hybridized carbons (Fsp3) is 0.147. The number of aromatic nitrogens is 2. The number of hydrogen-bond donors (Lipinski definition) is 1. The summed E-state index contributed by atoms with van der Waals surface area (Å²) in [5.74, 6) is -0.973. The fourth-order valence-electron chi connectivity index (χ4n) is 4.84. The molecule has 0 fully saturated rings. The Morgan fingerprint density at radius 2 is 1.39 bits per heavy atom. The van der Waals surface area contributed by atoms with E-state index < -0.39 is 5.92 Å². The number of halogens is 1. The van der Waals surface area contributed by atoms with Crippen LogP contribution in [0.1, 0.15) is 30.4 Å². The third-order valence-electron chi connectivity index (χ3n) is 6.77. The summed E-state index contributed by atoms with van der Waals surface area (Å²) in [6.07, 6.45) is 0.695. The van der Waals surface area contributed by atoms with Crippen LogP contribution in [0.5, 0.6) is 0 Å². The molecule has 0 spiro atoms. The van der Waals surface area contributed by atoms with Crippen molar-refractivity contribution in [1.82, 2.24) is 14.7 Å². The van der Waals surface area contributed by atoms with Crippen molar-refractivity contribution in [2.75, 3.05) is 18.4 Å². The van der Waals surface area contributed by atoms with Gasteiger partial charge in [0.15, 0.2) is 0 Å². The first-order valence-corrected chi connectivity index (χ1v) is 13.6. The maximum absolute atomic E-state index is 14.0. The van der Waals surface area contributed by atoms with Crippen LogP contribution in [-0.2, 0) is 9.59 Å². The minimum Gasteiger partial charge on any atom is -0.333 e. The zero-order chi connectivity index (χ0) is 28.6. The number of nitrogens with one attached hydrogen (secondary N) is 1. The fourth-order valence-corrected chi connectivity index (χ4v) is 4.84. The molecule has 2 amide bonds. The topological polar surface area (TPSA) is 67.2 Å². The molecule has 5 aromatic rings. The molecule has 7 heteroatoms. The summed E-state index contributed by atoms with van der Waals surface area (Å²) in [6.45, 7) is 2.28. The van der Waals surface area contributed by atoms with Gasteiger partial charge in [0.25, 0.3) is 0 Å². The summed E-state index contributed by atoms with van der Waals surface area (Å²) < 4.78 is 15.2. The summed E-state index contributed by atoms with van der Waals surface area (Å²) in [7, 11) is 0. The Hall–Kier alpha value is -5.04. The Kier molecular flexibility index (Phi) is 8.64. The maximum atomic E-state index is 14.0. The molecule has 0 saturated heterocycles. The van der Waals surface area contributed by atoms with Crippen LogP contribution in [0.3, 0.4) is 0 Å².